The second kappa shape index (κ2) is 10.4. The Morgan fingerprint density at radius 1 is 1.10 bits per heavy atom. The lowest BCUT2D eigenvalue weighted by Crippen LogP contribution is -2.36. The van der Waals surface area contributed by atoms with Gasteiger partial charge in [0.2, 0.25) is 5.91 Å². The van der Waals surface area contributed by atoms with Crippen LogP contribution in [-0.4, -0.2) is 29.8 Å². The number of nitro benzene ring substituents is 1. The van der Waals surface area contributed by atoms with Crippen molar-refractivity contribution in [2.45, 2.75) is 20.4 Å². The zero-order valence-corrected chi connectivity index (χ0v) is 17.0. The maximum Gasteiger partial charge on any atom is 0.293 e. The van der Waals surface area contributed by atoms with Crippen molar-refractivity contribution in [1.29, 1.82) is 0 Å². The maximum atomic E-state index is 12.2. The Hall–Kier alpha value is -3.13. The number of anilines is 1. The van der Waals surface area contributed by atoms with Gasteiger partial charge in [0.1, 0.15) is 5.69 Å². The molecule has 0 atom stereocenters. The summed E-state index contributed by atoms with van der Waals surface area (Å²) in [6.07, 6.45) is 0. The quantitative estimate of drug-likeness (QED) is 0.328. The highest BCUT2D eigenvalue weighted by Gasteiger charge is 2.18. The third-order valence-electron chi connectivity index (χ3n) is 4.12. The van der Waals surface area contributed by atoms with Crippen LogP contribution in [0.5, 0.6) is 0 Å². The summed E-state index contributed by atoms with van der Waals surface area (Å²) in [4.78, 5) is 34.6. The lowest BCUT2D eigenvalue weighted by atomic mass is 10.1. The van der Waals surface area contributed by atoms with E-state index in [0.29, 0.717) is 11.6 Å². The van der Waals surface area contributed by atoms with E-state index in [1.165, 1.54) is 18.2 Å². The summed E-state index contributed by atoms with van der Waals surface area (Å²) < 4.78 is 0. The third kappa shape index (κ3) is 6.46. The highest BCUT2D eigenvalue weighted by molar-refractivity contribution is 6.31. The fraction of sp³-hybridized carbons (Fsp3) is 0.300. The van der Waals surface area contributed by atoms with E-state index in [2.05, 4.69) is 16.0 Å². The van der Waals surface area contributed by atoms with Crippen molar-refractivity contribution in [3.05, 3.63) is 68.7 Å². The number of nitrogens with zero attached hydrogens (tertiary/aromatic N) is 1. The lowest BCUT2D eigenvalue weighted by molar-refractivity contribution is -0.384. The van der Waals surface area contributed by atoms with Gasteiger partial charge in [0, 0.05) is 42.2 Å². The Morgan fingerprint density at radius 2 is 1.79 bits per heavy atom. The van der Waals surface area contributed by atoms with Gasteiger partial charge in [-0.2, -0.15) is 0 Å². The van der Waals surface area contributed by atoms with Crippen molar-refractivity contribution >= 4 is 34.8 Å². The van der Waals surface area contributed by atoms with Gasteiger partial charge in [-0.1, -0.05) is 43.6 Å². The summed E-state index contributed by atoms with van der Waals surface area (Å²) in [5, 5.41) is 20.3. The molecule has 0 aliphatic rings. The minimum Gasteiger partial charge on any atom is -0.375 e. The largest absolute Gasteiger partial charge is 0.375 e. The lowest BCUT2D eigenvalue weighted by Gasteiger charge is -2.11. The number of nitro groups is 1. The molecule has 2 rings (SSSR count). The van der Waals surface area contributed by atoms with Crippen LogP contribution in [0.1, 0.15) is 29.8 Å². The average molecular weight is 419 g/mol. The van der Waals surface area contributed by atoms with Gasteiger partial charge < -0.3 is 16.0 Å². The van der Waals surface area contributed by atoms with E-state index in [1.807, 2.05) is 12.1 Å². The molecule has 0 saturated heterocycles. The first-order chi connectivity index (χ1) is 13.8. The molecule has 0 saturated carbocycles. The second-order valence-corrected chi connectivity index (χ2v) is 7.04. The first kappa shape index (κ1) is 22.2. The molecule has 2 aromatic rings. The molecule has 8 nitrogen and oxygen atoms in total. The van der Waals surface area contributed by atoms with Crippen LogP contribution in [0, 0.1) is 16.0 Å². The molecule has 2 aromatic carbocycles. The number of benzene rings is 2. The van der Waals surface area contributed by atoms with Gasteiger partial charge in [-0.3, -0.25) is 19.7 Å². The molecule has 0 aliphatic carbocycles. The minimum atomic E-state index is -0.547. The van der Waals surface area contributed by atoms with Crippen LogP contribution >= 0.6 is 11.6 Å². The fourth-order valence-electron chi connectivity index (χ4n) is 2.47. The highest BCUT2D eigenvalue weighted by Crippen LogP contribution is 2.27. The van der Waals surface area contributed by atoms with E-state index < -0.39 is 10.8 Å². The summed E-state index contributed by atoms with van der Waals surface area (Å²) in [5.74, 6) is -0.701. The van der Waals surface area contributed by atoms with Gasteiger partial charge in [-0.15, -0.1) is 0 Å². The van der Waals surface area contributed by atoms with Crippen LogP contribution in [0.3, 0.4) is 0 Å². The van der Waals surface area contributed by atoms with Gasteiger partial charge >= 0.3 is 0 Å². The van der Waals surface area contributed by atoms with Gasteiger partial charge in [-0.25, -0.2) is 0 Å². The normalized spacial score (nSPS) is 10.5. The summed E-state index contributed by atoms with van der Waals surface area (Å²) >= 11 is 6.10. The molecular weight excluding hydrogens is 396 g/mol. The smallest absolute Gasteiger partial charge is 0.293 e. The predicted molar refractivity (Wildman–Crippen MR) is 112 cm³/mol. The summed E-state index contributed by atoms with van der Waals surface area (Å²) in [7, 11) is 0. The van der Waals surface area contributed by atoms with Crippen LogP contribution < -0.4 is 16.0 Å². The van der Waals surface area contributed by atoms with Crippen molar-refractivity contribution in [2.75, 3.05) is 18.4 Å². The number of carbonyl (C=O) groups is 2. The Morgan fingerprint density at radius 3 is 2.45 bits per heavy atom. The van der Waals surface area contributed by atoms with Crippen LogP contribution in [0.25, 0.3) is 0 Å². The van der Waals surface area contributed by atoms with Crippen molar-refractivity contribution in [2.24, 2.45) is 5.92 Å². The average Bonchev–Trinajstić information content (AvgIpc) is 2.70. The van der Waals surface area contributed by atoms with E-state index in [9.17, 15) is 19.7 Å². The Bertz CT molecular complexity index is 902. The van der Waals surface area contributed by atoms with Gasteiger partial charge in [0.05, 0.1) is 4.92 Å². The molecule has 29 heavy (non-hydrogen) atoms. The highest BCUT2D eigenvalue weighted by atomic mass is 35.5. The third-order valence-corrected chi connectivity index (χ3v) is 4.49. The molecule has 3 N–H and O–H groups in total. The molecular formula is C20H23ClN4O4. The van der Waals surface area contributed by atoms with Crippen LogP contribution in [-0.2, 0) is 11.3 Å². The Kier molecular flexibility index (Phi) is 7.97. The molecule has 0 heterocycles. The van der Waals surface area contributed by atoms with E-state index in [4.69, 9.17) is 11.6 Å². The molecule has 9 heteroatoms. The second-order valence-electron chi connectivity index (χ2n) is 6.64. The van der Waals surface area contributed by atoms with Crippen LogP contribution in [0.15, 0.2) is 42.5 Å². The number of rotatable bonds is 9. The van der Waals surface area contributed by atoms with Crippen LogP contribution in [0.4, 0.5) is 11.4 Å². The maximum absolute atomic E-state index is 12.2. The molecule has 0 bridgehead atoms. The summed E-state index contributed by atoms with van der Waals surface area (Å²) in [5.41, 5.74) is 1.04. The number of halogens is 1. The number of amides is 2. The molecule has 0 unspecified atom stereocenters. The molecule has 2 amide bonds. The van der Waals surface area contributed by atoms with Crippen molar-refractivity contribution in [3.63, 3.8) is 0 Å². The van der Waals surface area contributed by atoms with Crippen molar-refractivity contribution in [1.82, 2.24) is 10.6 Å². The number of hydrogen-bond acceptors (Lipinski definition) is 5. The van der Waals surface area contributed by atoms with E-state index in [0.717, 1.165) is 5.56 Å². The number of nitrogens with one attached hydrogen (secondary N) is 3. The van der Waals surface area contributed by atoms with Crippen molar-refractivity contribution in [3.8, 4) is 0 Å². The first-order valence-electron chi connectivity index (χ1n) is 9.11. The monoisotopic (exact) mass is 418 g/mol. The van der Waals surface area contributed by atoms with E-state index in [-0.39, 0.29) is 41.9 Å². The predicted octanol–water partition coefficient (Wildman–Crippen LogP) is 3.36. The summed E-state index contributed by atoms with van der Waals surface area (Å²) in [6.45, 7) is 4.35. The van der Waals surface area contributed by atoms with Gasteiger partial charge in [0.25, 0.3) is 11.6 Å². The Labute approximate surface area is 173 Å². The molecule has 0 aliphatic heterocycles. The first-order valence-corrected chi connectivity index (χ1v) is 9.49. The molecule has 0 fully saturated rings. The zero-order chi connectivity index (χ0) is 21.4. The number of carbonyl (C=O) groups excluding carboxylic acids is 2. The van der Waals surface area contributed by atoms with Crippen LogP contribution in [0.2, 0.25) is 5.02 Å². The SMILES string of the molecule is CC(C)C(=O)NCCNC(=O)c1ccc(NCc2ccccc2Cl)c([N+](=O)[O-])c1. The number of hydrogen-bond donors (Lipinski definition) is 3. The minimum absolute atomic E-state index is 0.108. The Balaban J connectivity index is 2.01. The standard InChI is InChI=1S/C20H23ClN4O4/c1-13(2)19(26)22-9-10-23-20(27)14-7-8-17(18(11-14)25(28)29)24-12-15-5-3-4-6-16(15)21/h3-8,11,13,24H,9-10,12H2,1-2H3,(H,22,26)(H,23,27). The van der Waals surface area contributed by atoms with E-state index in [1.54, 1.807) is 26.0 Å². The fourth-order valence-corrected chi connectivity index (χ4v) is 2.68. The molecule has 0 radical (unpaired) electrons. The molecule has 0 aromatic heterocycles. The zero-order valence-electron chi connectivity index (χ0n) is 16.2. The van der Waals surface area contributed by atoms with Crippen molar-refractivity contribution < 1.29 is 14.5 Å². The molecule has 154 valence electrons. The van der Waals surface area contributed by atoms with E-state index >= 15 is 0 Å². The molecule has 0 spiro atoms. The van der Waals surface area contributed by atoms with Gasteiger partial charge in [-0.05, 0) is 23.8 Å². The topological polar surface area (TPSA) is 113 Å². The summed E-state index contributed by atoms with van der Waals surface area (Å²) in [6, 6.07) is 11.4. The van der Waals surface area contributed by atoms with Gasteiger partial charge in [0.15, 0.2) is 0 Å².